The number of nitrogens with zero attached hydrogens (tertiary/aromatic N) is 2. The van der Waals surface area contributed by atoms with E-state index in [2.05, 4.69) is 4.98 Å². The van der Waals surface area contributed by atoms with Crippen LogP contribution in [-0.4, -0.2) is 35.4 Å². The molecule has 7 heteroatoms. The maximum Gasteiger partial charge on any atom is 0.311 e. The predicted molar refractivity (Wildman–Crippen MR) is 95.5 cm³/mol. The second kappa shape index (κ2) is 7.06. The van der Waals surface area contributed by atoms with Crippen LogP contribution in [0.25, 0.3) is 16.2 Å². The van der Waals surface area contributed by atoms with E-state index in [9.17, 15) is 9.59 Å². The molecule has 0 aliphatic carbocycles. The topological polar surface area (TPSA) is 69.9 Å². The van der Waals surface area contributed by atoms with Crippen LogP contribution in [0.2, 0.25) is 0 Å². The minimum Gasteiger partial charge on any atom is -0.497 e. The number of hydrogen-bond donors (Lipinski definition) is 0. The molecule has 0 bridgehead atoms. The molecule has 0 atom stereocenters. The van der Waals surface area contributed by atoms with E-state index in [0.29, 0.717) is 23.0 Å². The van der Waals surface area contributed by atoms with Crippen molar-refractivity contribution in [2.24, 2.45) is 0 Å². The highest BCUT2D eigenvalue weighted by atomic mass is 32.1. The van der Waals surface area contributed by atoms with Gasteiger partial charge < -0.3 is 9.47 Å². The van der Waals surface area contributed by atoms with E-state index in [0.717, 1.165) is 28.0 Å². The van der Waals surface area contributed by atoms with Crippen molar-refractivity contribution >= 4 is 28.6 Å². The molecule has 0 radical (unpaired) electrons. The number of aromatic nitrogens is 2. The Morgan fingerprint density at radius 3 is 2.84 bits per heavy atom. The van der Waals surface area contributed by atoms with E-state index in [-0.39, 0.29) is 12.4 Å². The zero-order valence-corrected chi connectivity index (χ0v) is 15.1. The molecule has 1 aromatic carbocycles. The molecular formula is C18H18N2O4S. The van der Waals surface area contributed by atoms with Gasteiger partial charge in [-0.3, -0.25) is 14.0 Å². The highest BCUT2D eigenvalue weighted by Gasteiger charge is 2.18. The number of rotatable bonds is 6. The van der Waals surface area contributed by atoms with E-state index in [1.807, 2.05) is 25.1 Å². The fourth-order valence-corrected chi connectivity index (χ4v) is 3.65. The fourth-order valence-electron chi connectivity index (χ4n) is 2.68. The van der Waals surface area contributed by atoms with Crippen LogP contribution in [0.1, 0.15) is 27.9 Å². The van der Waals surface area contributed by atoms with Gasteiger partial charge in [0.15, 0.2) is 11.2 Å². The summed E-state index contributed by atoms with van der Waals surface area (Å²) in [6.45, 7) is 4.07. The first-order valence-corrected chi connectivity index (χ1v) is 8.65. The molecule has 2 heterocycles. The highest BCUT2D eigenvalue weighted by Crippen LogP contribution is 2.31. The van der Waals surface area contributed by atoms with Crippen LogP contribution in [-0.2, 0) is 16.0 Å². The molecule has 3 aromatic rings. The number of aryl methyl sites for hydroxylation is 1. The number of carbonyl (C=O) groups excluding carboxylic acids is 2. The van der Waals surface area contributed by atoms with E-state index in [1.54, 1.807) is 24.6 Å². The average molecular weight is 358 g/mol. The van der Waals surface area contributed by atoms with Gasteiger partial charge in [0.1, 0.15) is 17.1 Å². The Balaban J connectivity index is 2.02. The summed E-state index contributed by atoms with van der Waals surface area (Å²) in [5.74, 6) is 0.470. The van der Waals surface area contributed by atoms with E-state index in [4.69, 9.17) is 9.47 Å². The maximum absolute atomic E-state index is 11.7. The molecular weight excluding hydrogens is 340 g/mol. The number of aldehydes is 1. The normalized spacial score (nSPS) is 10.8. The van der Waals surface area contributed by atoms with Crippen LogP contribution >= 0.6 is 11.3 Å². The third-order valence-electron chi connectivity index (χ3n) is 3.84. The minimum absolute atomic E-state index is 0.178. The molecule has 130 valence electrons. The molecule has 25 heavy (non-hydrogen) atoms. The Hall–Kier alpha value is -2.67. The zero-order valence-electron chi connectivity index (χ0n) is 14.2. The SMILES string of the molecule is CCOC(=O)Cc1cn2c(C=O)c(-c3ccc(OC)cc3C)nc2s1. The van der Waals surface area contributed by atoms with Gasteiger partial charge in [-0.2, -0.15) is 0 Å². The van der Waals surface area contributed by atoms with Crippen molar-refractivity contribution in [1.82, 2.24) is 9.38 Å². The predicted octanol–water partition coefficient (Wildman–Crippen LogP) is 3.30. The van der Waals surface area contributed by atoms with E-state index >= 15 is 0 Å². The van der Waals surface area contributed by atoms with Crippen LogP contribution in [0.3, 0.4) is 0 Å². The van der Waals surface area contributed by atoms with Crippen molar-refractivity contribution < 1.29 is 19.1 Å². The lowest BCUT2D eigenvalue weighted by molar-refractivity contribution is -0.142. The number of esters is 1. The number of ether oxygens (including phenoxy) is 2. The lowest BCUT2D eigenvalue weighted by Gasteiger charge is -2.06. The van der Waals surface area contributed by atoms with Crippen molar-refractivity contribution in [3.05, 3.63) is 40.5 Å². The number of thiazole rings is 1. The van der Waals surface area contributed by atoms with Gasteiger partial charge in [-0.05, 0) is 37.6 Å². The standard InChI is InChI=1S/C18H18N2O4S/c1-4-24-16(22)8-13-9-20-15(10-21)17(19-18(20)25-13)14-6-5-12(23-3)7-11(14)2/h5-7,9-10H,4,8H2,1-3H3. The van der Waals surface area contributed by atoms with Gasteiger partial charge >= 0.3 is 5.97 Å². The monoisotopic (exact) mass is 358 g/mol. The van der Waals surface area contributed by atoms with Gasteiger partial charge in [0.25, 0.3) is 0 Å². The molecule has 0 aliphatic heterocycles. The molecule has 0 N–H and O–H groups in total. The molecule has 0 spiro atoms. The van der Waals surface area contributed by atoms with Crippen LogP contribution in [0, 0.1) is 6.92 Å². The molecule has 6 nitrogen and oxygen atoms in total. The summed E-state index contributed by atoms with van der Waals surface area (Å²) in [7, 11) is 1.61. The average Bonchev–Trinajstić information content (AvgIpc) is 3.11. The third kappa shape index (κ3) is 3.28. The van der Waals surface area contributed by atoms with Crippen molar-refractivity contribution in [3.8, 4) is 17.0 Å². The Kier molecular flexibility index (Phi) is 4.85. The van der Waals surface area contributed by atoms with Gasteiger partial charge in [0.2, 0.25) is 0 Å². The van der Waals surface area contributed by atoms with Gasteiger partial charge in [-0.15, -0.1) is 11.3 Å². The molecule has 0 saturated heterocycles. The second-order valence-corrected chi connectivity index (χ2v) is 6.57. The second-order valence-electron chi connectivity index (χ2n) is 5.48. The van der Waals surface area contributed by atoms with Crippen molar-refractivity contribution in [3.63, 3.8) is 0 Å². The Morgan fingerprint density at radius 1 is 1.40 bits per heavy atom. The largest absolute Gasteiger partial charge is 0.497 e. The summed E-state index contributed by atoms with van der Waals surface area (Å²) in [5, 5.41) is 0. The lowest BCUT2D eigenvalue weighted by Crippen LogP contribution is -2.06. The number of benzene rings is 1. The first kappa shape index (κ1) is 17.2. The molecule has 0 saturated carbocycles. The number of imidazole rings is 1. The summed E-state index contributed by atoms with van der Waals surface area (Å²) >= 11 is 1.38. The smallest absolute Gasteiger partial charge is 0.311 e. The summed E-state index contributed by atoms with van der Waals surface area (Å²) in [5.41, 5.74) is 2.95. The van der Waals surface area contributed by atoms with Crippen LogP contribution in [0.5, 0.6) is 5.75 Å². The summed E-state index contributed by atoms with van der Waals surface area (Å²) in [6, 6.07) is 5.65. The lowest BCUT2D eigenvalue weighted by atomic mass is 10.0. The Morgan fingerprint density at radius 2 is 2.20 bits per heavy atom. The molecule has 0 aliphatic rings. The number of hydrogen-bond acceptors (Lipinski definition) is 6. The molecule has 3 rings (SSSR count). The van der Waals surface area contributed by atoms with E-state index in [1.165, 1.54) is 11.3 Å². The molecule has 2 aromatic heterocycles. The fraction of sp³-hybridized carbons (Fsp3) is 0.278. The van der Waals surface area contributed by atoms with Crippen LogP contribution < -0.4 is 4.74 Å². The van der Waals surface area contributed by atoms with Gasteiger partial charge in [0.05, 0.1) is 20.1 Å². The highest BCUT2D eigenvalue weighted by molar-refractivity contribution is 7.17. The quantitative estimate of drug-likeness (QED) is 0.499. The van der Waals surface area contributed by atoms with E-state index < -0.39 is 0 Å². The molecule has 0 unspecified atom stereocenters. The summed E-state index contributed by atoms with van der Waals surface area (Å²) in [4.78, 5) is 29.4. The summed E-state index contributed by atoms with van der Waals surface area (Å²) < 4.78 is 11.9. The van der Waals surface area contributed by atoms with Crippen LogP contribution in [0.4, 0.5) is 0 Å². The minimum atomic E-state index is -0.286. The Labute approximate surface area is 149 Å². The third-order valence-corrected chi connectivity index (χ3v) is 4.82. The zero-order chi connectivity index (χ0) is 18.0. The van der Waals surface area contributed by atoms with Gasteiger partial charge in [0, 0.05) is 16.6 Å². The number of methoxy groups -OCH3 is 1. The first-order valence-electron chi connectivity index (χ1n) is 7.84. The maximum atomic E-state index is 11.7. The van der Waals surface area contributed by atoms with Crippen molar-refractivity contribution in [1.29, 1.82) is 0 Å². The Bertz CT molecular complexity index is 942. The van der Waals surface area contributed by atoms with Gasteiger partial charge in [-0.25, -0.2) is 4.98 Å². The van der Waals surface area contributed by atoms with Crippen molar-refractivity contribution in [2.75, 3.05) is 13.7 Å². The number of fused-ring (bicyclic) bond motifs is 1. The number of carbonyl (C=O) groups is 2. The summed E-state index contributed by atoms with van der Waals surface area (Å²) in [6.07, 6.45) is 2.74. The van der Waals surface area contributed by atoms with Crippen molar-refractivity contribution in [2.45, 2.75) is 20.3 Å². The molecule has 0 fully saturated rings. The van der Waals surface area contributed by atoms with Gasteiger partial charge in [-0.1, -0.05) is 0 Å². The molecule has 0 amide bonds. The first-order chi connectivity index (χ1) is 12.1. The van der Waals surface area contributed by atoms with Crippen LogP contribution in [0.15, 0.2) is 24.4 Å².